The summed E-state index contributed by atoms with van der Waals surface area (Å²) in [7, 11) is 4.50. The van der Waals surface area contributed by atoms with Gasteiger partial charge in [0.1, 0.15) is 17.1 Å². The first-order valence-corrected chi connectivity index (χ1v) is 8.83. The number of hydrogen-bond donors (Lipinski definition) is 2. The van der Waals surface area contributed by atoms with Crippen molar-refractivity contribution in [1.82, 2.24) is 5.32 Å². The molecule has 1 unspecified atom stereocenters. The molecular weight excluding hydrogens is 384 g/mol. The van der Waals surface area contributed by atoms with E-state index in [-0.39, 0.29) is 6.54 Å². The Morgan fingerprint density at radius 1 is 1.04 bits per heavy atom. The smallest absolute Gasteiger partial charge is 0.313 e. The summed E-state index contributed by atoms with van der Waals surface area (Å²) in [5.41, 5.74) is 0.284. The minimum Gasteiger partial charge on any atom is -0.497 e. The Labute approximate surface area is 168 Å². The van der Waals surface area contributed by atoms with Gasteiger partial charge in [-0.1, -0.05) is 23.7 Å². The average Bonchev–Trinajstić information content (AvgIpc) is 2.71. The number of amides is 2. The number of carbonyl (C=O) groups is 2. The maximum Gasteiger partial charge on any atom is 0.313 e. The number of rotatable bonds is 7. The van der Waals surface area contributed by atoms with Crippen molar-refractivity contribution in [3.8, 4) is 11.5 Å². The van der Waals surface area contributed by atoms with E-state index in [2.05, 4.69) is 10.6 Å². The van der Waals surface area contributed by atoms with E-state index >= 15 is 0 Å². The molecule has 0 spiro atoms. The Morgan fingerprint density at radius 2 is 1.79 bits per heavy atom. The topological polar surface area (TPSA) is 85.9 Å². The van der Waals surface area contributed by atoms with Crippen LogP contribution < -0.4 is 20.1 Å². The normalized spacial score (nSPS) is 12.6. The summed E-state index contributed by atoms with van der Waals surface area (Å²) in [6.45, 7) is 1.87. The van der Waals surface area contributed by atoms with Crippen LogP contribution in [0.5, 0.6) is 11.5 Å². The summed E-state index contributed by atoms with van der Waals surface area (Å²) < 4.78 is 15.9. The molecule has 2 aromatic carbocycles. The lowest BCUT2D eigenvalue weighted by molar-refractivity contribution is -0.137. The summed E-state index contributed by atoms with van der Waals surface area (Å²) in [6, 6.07) is 12.0. The van der Waals surface area contributed by atoms with Gasteiger partial charge in [0.2, 0.25) is 0 Å². The number of methoxy groups -OCH3 is 3. The van der Waals surface area contributed by atoms with Crippen molar-refractivity contribution >= 4 is 29.1 Å². The molecule has 0 aliphatic rings. The van der Waals surface area contributed by atoms with Crippen LogP contribution in [0.15, 0.2) is 42.5 Å². The predicted octanol–water partition coefficient (Wildman–Crippen LogP) is 2.97. The average molecular weight is 407 g/mol. The van der Waals surface area contributed by atoms with Gasteiger partial charge >= 0.3 is 11.8 Å². The Hall–Kier alpha value is -2.77. The van der Waals surface area contributed by atoms with E-state index in [0.29, 0.717) is 22.2 Å². The van der Waals surface area contributed by atoms with Gasteiger partial charge in [-0.25, -0.2) is 0 Å². The highest BCUT2D eigenvalue weighted by molar-refractivity contribution is 6.39. The van der Waals surface area contributed by atoms with Gasteiger partial charge in [0.05, 0.1) is 26.5 Å². The summed E-state index contributed by atoms with van der Waals surface area (Å²) in [5, 5.41) is 5.66. The Kier molecular flexibility index (Phi) is 7.25. The van der Waals surface area contributed by atoms with Crippen LogP contribution in [0.3, 0.4) is 0 Å². The number of carbonyl (C=O) groups excluding carboxylic acids is 2. The van der Waals surface area contributed by atoms with Crippen LogP contribution in [-0.4, -0.2) is 39.7 Å². The van der Waals surface area contributed by atoms with E-state index in [9.17, 15) is 9.59 Å². The minimum absolute atomic E-state index is 0.0792. The third kappa shape index (κ3) is 5.15. The molecule has 8 heteroatoms. The van der Waals surface area contributed by atoms with Crippen LogP contribution in [0.2, 0.25) is 5.02 Å². The Bertz CT molecular complexity index is 858. The molecule has 0 saturated carbocycles. The second-order valence-electron chi connectivity index (χ2n) is 6.15. The van der Waals surface area contributed by atoms with E-state index in [1.54, 1.807) is 43.3 Å². The Morgan fingerprint density at radius 3 is 2.39 bits per heavy atom. The predicted molar refractivity (Wildman–Crippen MR) is 107 cm³/mol. The summed E-state index contributed by atoms with van der Waals surface area (Å²) >= 11 is 6.03. The second kappa shape index (κ2) is 9.43. The van der Waals surface area contributed by atoms with Crippen molar-refractivity contribution in [3.05, 3.63) is 53.1 Å². The molecule has 2 amide bonds. The fraction of sp³-hybridized carbons (Fsp3) is 0.300. The molecule has 2 N–H and O–H groups in total. The van der Waals surface area contributed by atoms with Crippen LogP contribution in [0, 0.1) is 0 Å². The van der Waals surface area contributed by atoms with Gasteiger partial charge in [-0.2, -0.15) is 0 Å². The number of ether oxygens (including phenoxy) is 3. The molecule has 28 heavy (non-hydrogen) atoms. The van der Waals surface area contributed by atoms with Crippen LogP contribution in [0.4, 0.5) is 5.69 Å². The lowest BCUT2D eigenvalue weighted by atomic mass is 9.95. The van der Waals surface area contributed by atoms with Crippen molar-refractivity contribution in [3.63, 3.8) is 0 Å². The van der Waals surface area contributed by atoms with Crippen LogP contribution in [0.25, 0.3) is 0 Å². The van der Waals surface area contributed by atoms with Gasteiger partial charge in [-0.05, 0) is 36.8 Å². The molecule has 0 aromatic heterocycles. The summed E-state index contributed by atoms with van der Waals surface area (Å²) in [4.78, 5) is 24.5. The van der Waals surface area contributed by atoms with Crippen molar-refractivity contribution < 1.29 is 23.8 Å². The zero-order valence-electron chi connectivity index (χ0n) is 16.2. The van der Waals surface area contributed by atoms with E-state index < -0.39 is 17.4 Å². The van der Waals surface area contributed by atoms with Gasteiger partial charge in [0, 0.05) is 18.2 Å². The molecule has 7 nitrogen and oxygen atoms in total. The van der Waals surface area contributed by atoms with Crippen LogP contribution in [0.1, 0.15) is 12.5 Å². The zero-order valence-corrected chi connectivity index (χ0v) is 16.9. The largest absolute Gasteiger partial charge is 0.497 e. The lowest BCUT2D eigenvalue weighted by Gasteiger charge is -2.29. The molecule has 2 aromatic rings. The molecule has 0 bridgehead atoms. The highest BCUT2D eigenvalue weighted by Crippen LogP contribution is 2.29. The summed E-state index contributed by atoms with van der Waals surface area (Å²) in [5.74, 6) is -0.686. The van der Waals surface area contributed by atoms with Crippen molar-refractivity contribution in [2.45, 2.75) is 12.5 Å². The SMILES string of the molecule is COc1ccc(NC(=O)C(=O)NCC(C)(OC)c2cccc(Cl)c2)c(OC)c1. The quantitative estimate of drug-likeness (QED) is 0.690. The molecule has 0 radical (unpaired) electrons. The molecule has 0 aliphatic heterocycles. The molecular formula is C20H23ClN2O5. The first-order valence-electron chi connectivity index (χ1n) is 8.45. The number of anilines is 1. The van der Waals surface area contributed by atoms with Crippen LogP contribution in [-0.2, 0) is 19.9 Å². The third-order valence-corrected chi connectivity index (χ3v) is 4.57. The van der Waals surface area contributed by atoms with Crippen molar-refractivity contribution in [1.29, 1.82) is 0 Å². The van der Waals surface area contributed by atoms with Gasteiger partial charge in [-0.3, -0.25) is 9.59 Å². The highest BCUT2D eigenvalue weighted by atomic mass is 35.5. The van der Waals surface area contributed by atoms with E-state index in [0.717, 1.165) is 5.56 Å². The number of halogens is 1. The molecule has 0 fully saturated rings. The Balaban J connectivity index is 2.05. The first-order chi connectivity index (χ1) is 13.3. The number of nitrogens with one attached hydrogen (secondary N) is 2. The van der Waals surface area contributed by atoms with E-state index in [1.807, 2.05) is 6.07 Å². The monoisotopic (exact) mass is 406 g/mol. The van der Waals surface area contributed by atoms with Gasteiger partial charge in [0.15, 0.2) is 0 Å². The fourth-order valence-electron chi connectivity index (χ4n) is 2.52. The molecule has 1 atom stereocenters. The van der Waals surface area contributed by atoms with Crippen molar-refractivity contribution in [2.75, 3.05) is 33.2 Å². The number of benzene rings is 2. The molecule has 0 aliphatic carbocycles. The molecule has 0 saturated heterocycles. The van der Waals surface area contributed by atoms with Gasteiger partial charge in [0.25, 0.3) is 0 Å². The van der Waals surface area contributed by atoms with Crippen LogP contribution >= 0.6 is 11.6 Å². The maximum atomic E-state index is 12.3. The summed E-state index contributed by atoms with van der Waals surface area (Å²) in [6.07, 6.45) is 0. The minimum atomic E-state index is -0.849. The van der Waals surface area contributed by atoms with Crippen molar-refractivity contribution in [2.24, 2.45) is 0 Å². The first kappa shape index (κ1) is 21.5. The zero-order chi connectivity index (χ0) is 20.7. The highest BCUT2D eigenvalue weighted by Gasteiger charge is 2.28. The molecule has 2 rings (SSSR count). The molecule has 0 heterocycles. The maximum absolute atomic E-state index is 12.3. The van der Waals surface area contributed by atoms with E-state index in [1.165, 1.54) is 21.3 Å². The third-order valence-electron chi connectivity index (χ3n) is 4.34. The van der Waals surface area contributed by atoms with E-state index in [4.69, 9.17) is 25.8 Å². The fourth-order valence-corrected chi connectivity index (χ4v) is 2.71. The molecule has 150 valence electrons. The standard InChI is InChI=1S/C20H23ClN2O5/c1-20(28-4,13-6-5-7-14(21)10-13)12-22-18(24)19(25)23-16-9-8-15(26-2)11-17(16)27-3/h5-11H,12H2,1-4H3,(H,22,24)(H,23,25). The van der Waals surface area contributed by atoms with Gasteiger partial charge < -0.3 is 24.8 Å². The lowest BCUT2D eigenvalue weighted by Crippen LogP contribution is -2.44. The van der Waals surface area contributed by atoms with Gasteiger partial charge in [-0.15, -0.1) is 0 Å². The second-order valence-corrected chi connectivity index (χ2v) is 6.58. The number of hydrogen-bond acceptors (Lipinski definition) is 5.